The Hall–Kier alpha value is -2.21. The van der Waals surface area contributed by atoms with Crippen LogP contribution in [-0.4, -0.2) is 16.1 Å². The van der Waals surface area contributed by atoms with Crippen molar-refractivity contribution in [3.8, 4) is 0 Å². The quantitative estimate of drug-likeness (QED) is 0.718. The molecule has 3 rings (SSSR count). The van der Waals surface area contributed by atoms with Crippen LogP contribution in [0.15, 0.2) is 28.9 Å². The van der Waals surface area contributed by atoms with Crippen molar-refractivity contribution in [1.29, 1.82) is 0 Å². The molecule has 1 amide bonds. The molecule has 0 spiro atoms. The lowest BCUT2D eigenvalue weighted by molar-refractivity contribution is -0.115. The number of carbonyl (C=O) groups is 1. The standard InChI is InChI=1S/C19H23N3O2S/c1-5-6-17-21-22-18(25-17)20-16(23)9-12-11-24-15-8-7-13(10-14(12)15)19(2,3)4/h7-8,10-11H,5-6,9H2,1-4H3,(H,20,22,23). The number of hydrogen-bond donors (Lipinski definition) is 1. The summed E-state index contributed by atoms with van der Waals surface area (Å²) in [6, 6.07) is 6.16. The highest BCUT2D eigenvalue weighted by atomic mass is 32.1. The summed E-state index contributed by atoms with van der Waals surface area (Å²) in [6.45, 7) is 8.60. The summed E-state index contributed by atoms with van der Waals surface area (Å²) >= 11 is 1.43. The zero-order valence-corrected chi connectivity index (χ0v) is 15.9. The van der Waals surface area contributed by atoms with Crippen molar-refractivity contribution in [3.63, 3.8) is 0 Å². The Morgan fingerprint density at radius 2 is 2.08 bits per heavy atom. The predicted molar refractivity (Wildman–Crippen MR) is 101 cm³/mol. The van der Waals surface area contributed by atoms with Crippen LogP contribution < -0.4 is 5.32 Å². The lowest BCUT2D eigenvalue weighted by Gasteiger charge is -2.18. The number of benzene rings is 1. The Morgan fingerprint density at radius 3 is 2.80 bits per heavy atom. The lowest BCUT2D eigenvalue weighted by Crippen LogP contribution is -2.14. The van der Waals surface area contributed by atoms with Crippen LogP contribution in [0.5, 0.6) is 0 Å². The van der Waals surface area contributed by atoms with E-state index in [1.807, 2.05) is 6.07 Å². The van der Waals surface area contributed by atoms with Crippen LogP contribution in [0, 0.1) is 0 Å². The van der Waals surface area contributed by atoms with Gasteiger partial charge in [0.1, 0.15) is 10.6 Å². The first kappa shape index (κ1) is 17.6. The highest BCUT2D eigenvalue weighted by molar-refractivity contribution is 7.15. The summed E-state index contributed by atoms with van der Waals surface area (Å²) in [4.78, 5) is 12.4. The van der Waals surface area contributed by atoms with Gasteiger partial charge in [0.15, 0.2) is 0 Å². The molecular formula is C19H23N3O2S. The monoisotopic (exact) mass is 357 g/mol. The molecule has 0 saturated heterocycles. The van der Waals surface area contributed by atoms with Crippen LogP contribution in [0.3, 0.4) is 0 Å². The minimum atomic E-state index is -0.108. The van der Waals surface area contributed by atoms with Gasteiger partial charge in [0.05, 0.1) is 12.7 Å². The van der Waals surface area contributed by atoms with Gasteiger partial charge < -0.3 is 9.73 Å². The molecular weight excluding hydrogens is 334 g/mol. The van der Waals surface area contributed by atoms with Gasteiger partial charge in [-0.25, -0.2) is 0 Å². The number of rotatable bonds is 5. The number of hydrogen-bond acceptors (Lipinski definition) is 5. The van der Waals surface area contributed by atoms with Crippen molar-refractivity contribution in [2.45, 2.75) is 52.4 Å². The largest absolute Gasteiger partial charge is 0.464 e. The maximum absolute atomic E-state index is 12.4. The third kappa shape index (κ3) is 4.07. The number of anilines is 1. The maximum atomic E-state index is 12.4. The van der Waals surface area contributed by atoms with Gasteiger partial charge in [0.25, 0.3) is 0 Å². The van der Waals surface area contributed by atoms with E-state index in [0.717, 1.165) is 34.4 Å². The molecule has 0 aliphatic rings. The molecule has 1 N–H and O–H groups in total. The molecule has 0 fully saturated rings. The predicted octanol–water partition coefficient (Wildman–Crippen LogP) is 4.72. The molecule has 0 aliphatic heterocycles. The number of amides is 1. The number of fused-ring (bicyclic) bond motifs is 1. The second kappa shape index (κ2) is 6.96. The van der Waals surface area contributed by atoms with Gasteiger partial charge in [-0.3, -0.25) is 4.79 Å². The number of nitrogens with one attached hydrogen (secondary N) is 1. The third-order valence-corrected chi connectivity index (χ3v) is 4.95. The van der Waals surface area contributed by atoms with Crippen molar-refractivity contribution < 1.29 is 9.21 Å². The van der Waals surface area contributed by atoms with E-state index < -0.39 is 0 Å². The van der Waals surface area contributed by atoms with E-state index in [1.165, 1.54) is 16.9 Å². The highest BCUT2D eigenvalue weighted by Crippen LogP contribution is 2.29. The number of furan rings is 1. The summed E-state index contributed by atoms with van der Waals surface area (Å²) in [5.41, 5.74) is 2.96. The van der Waals surface area contributed by atoms with E-state index >= 15 is 0 Å². The van der Waals surface area contributed by atoms with Crippen LogP contribution in [0.1, 0.15) is 50.3 Å². The summed E-state index contributed by atoms with van der Waals surface area (Å²) in [7, 11) is 0. The molecule has 0 radical (unpaired) electrons. The average Bonchev–Trinajstić information content (AvgIpc) is 3.14. The van der Waals surface area contributed by atoms with Gasteiger partial charge in [-0.1, -0.05) is 45.1 Å². The fourth-order valence-electron chi connectivity index (χ4n) is 2.64. The van der Waals surface area contributed by atoms with Crippen molar-refractivity contribution in [2.75, 3.05) is 5.32 Å². The molecule has 0 bridgehead atoms. The molecule has 3 aromatic rings. The SMILES string of the molecule is CCCc1nnc(NC(=O)Cc2coc3ccc(C(C)(C)C)cc23)s1. The van der Waals surface area contributed by atoms with Crippen molar-refractivity contribution in [2.24, 2.45) is 0 Å². The lowest BCUT2D eigenvalue weighted by atomic mass is 9.86. The molecule has 5 nitrogen and oxygen atoms in total. The zero-order valence-electron chi connectivity index (χ0n) is 15.0. The van der Waals surface area contributed by atoms with E-state index in [4.69, 9.17) is 4.42 Å². The molecule has 2 heterocycles. The Bertz CT molecular complexity index is 890. The van der Waals surface area contributed by atoms with Crippen molar-refractivity contribution >= 4 is 33.3 Å². The van der Waals surface area contributed by atoms with Crippen molar-refractivity contribution in [3.05, 3.63) is 40.6 Å². The molecule has 1 aromatic carbocycles. The minimum Gasteiger partial charge on any atom is -0.464 e. The molecule has 0 atom stereocenters. The summed E-state index contributed by atoms with van der Waals surface area (Å²) in [5.74, 6) is -0.108. The highest BCUT2D eigenvalue weighted by Gasteiger charge is 2.17. The summed E-state index contributed by atoms with van der Waals surface area (Å²) in [5, 5.41) is 13.4. The summed E-state index contributed by atoms with van der Waals surface area (Å²) < 4.78 is 5.60. The molecule has 132 valence electrons. The molecule has 0 unspecified atom stereocenters. The van der Waals surface area contributed by atoms with E-state index in [2.05, 4.69) is 55.3 Å². The summed E-state index contributed by atoms with van der Waals surface area (Å²) in [6.07, 6.45) is 3.82. The van der Waals surface area contributed by atoms with E-state index in [9.17, 15) is 4.79 Å². The third-order valence-electron chi connectivity index (χ3n) is 4.05. The normalized spacial score (nSPS) is 11.8. The first-order chi connectivity index (χ1) is 11.9. The van der Waals surface area contributed by atoms with Gasteiger partial charge in [0.2, 0.25) is 11.0 Å². The molecule has 0 aliphatic carbocycles. The fourth-order valence-corrected chi connectivity index (χ4v) is 3.50. The second-order valence-electron chi connectivity index (χ2n) is 7.20. The first-order valence-corrected chi connectivity index (χ1v) is 9.31. The van der Waals surface area contributed by atoms with Gasteiger partial charge in [-0.15, -0.1) is 10.2 Å². The van der Waals surface area contributed by atoms with E-state index in [0.29, 0.717) is 5.13 Å². The smallest absolute Gasteiger partial charge is 0.230 e. The first-order valence-electron chi connectivity index (χ1n) is 8.49. The van der Waals surface area contributed by atoms with E-state index in [-0.39, 0.29) is 17.7 Å². The molecule has 2 aromatic heterocycles. The molecule has 0 saturated carbocycles. The van der Waals surface area contributed by atoms with Crippen LogP contribution in [0.25, 0.3) is 11.0 Å². The van der Waals surface area contributed by atoms with Gasteiger partial charge in [-0.05, 0) is 29.5 Å². The molecule has 25 heavy (non-hydrogen) atoms. The fraction of sp³-hybridized carbons (Fsp3) is 0.421. The van der Waals surface area contributed by atoms with Gasteiger partial charge >= 0.3 is 0 Å². The number of nitrogens with zero attached hydrogens (tertiary/aromatic N) is 2. The van der Waals surface area contributed by atoms with E-state index in [1.54, 1.807) is 6.26 Å². The van der Waals surface area contributed by atoms with Crippen LogP contribution >= 0.6 is 11.3 Å². The maximum Gasteiger partial charge on any atom is 0.230 e. The Morgan fingerprint density at radius 1 is 1.28 bits per heavy atom. The van der Waals surface area contributed by atoms with Crippen LogP contribution in [-0.2, 0) is 23.1 Å². The Kier molecular flexibility index (Phi) is 4.90. The Labute approximate surface area is 151 Å². The van der Waals surface area contributed by atoms with Crippen LogP contribution in [0.2, 0.25) is 0 Å². The number of carbonyl (C=O) groups excluding carboxylic acids is 1. The minimum absolute atomic E-state index is 0.0488. The van der Waals surface area contributed by atoms with Gasteiger partial charge in [-0.2, -0.15) is 0 Å². The number of aromatic nitrogens is 2. The molecule has 6 heteroatoms. The van der Waals surface area contributed by atoms with Crippen LogP contribution in [0.4, 0.5) is 5.13 Å². The van der Waals surface area contributed by atoms with Gasteiger partial charge in [0, 0.05) is 17.4 Å². The average molecular weight is 357 g/mol. The zero-order chi connectivity index (χ0) is 18.0. The number of aryl methyl sites for hydroxylation is 1. The Balaban J connectivity index is 1.76. The van der Waals surface area contributed by atoms with Crippen molar-refractivity contribution in [1.82, 2.24) is 10.2 Å². The second-order valence-corrected chi connectivity index (χ2v) is 8.26. The topological polar surface area (TPSA) is 68.0 Å².